The lowest BCUT2D eigenvalue weighted by Crippen LogP contribution is -2.19. The summed E-state index contributed by atoms with van der Waals surface area (Å²) in [6.45, 7) is 0.204. The summed E-state index contributed by atoms with van der Waals surface area (Å²) in [5, 5.41) is 10.5. The highest BCUT2D eigenvalue weighted by atomic mass is 35.5. The predicted molar refractivity (Wildman–Crippen MR) is 44.5 cm³/mol. The molecule has 0 aliphatic heterocycles. The highest BCUT2D eigenvalue weighted by molar-refractivity contribution is 6.17. The van der Waals surface area contributed by atoms with E-state index in [-0.39, 0.29) is 6.61 Å². The molecule has 1 rings (SSSR count). The van der Waals surface area contributed by atoms with E-state index in [0.29, 0.717) is 0 Å². The molecular weight excluding hydrogens is 178 g/mol. The molecule has 0 aromatic heterocycles. The van der Waals surface area contributed by atoms with Crippen molar-refractivity contribution in [2.45, 2.75) is 6.61 Å². The number of nitrogens with zero attached hydrogens (tertiary/aromatic N) is 1. The van der Waals surface area contributed by atoms with Gasteiger partial charge in [0.15, 0.2) is 6.08 Å². The lowest BCUT2D eigenvalue weighted by Gasteiger charge is -2.11. The van der Waals surface area contributed by atoms with Gasteiger partial charge in [0, 0.05) is 18.4 Å². The largest absolute Gasteiger partial charge is 0.595 e. The molecule has 12 heavy (non-hydrogen) atoms. The maximum absolute atomic E-state index is 10.5. The second-order valence-corrected chi connectivity index (χ2v) is 2.29. The Kier molecular flexibility index (Phi) is 3.41. The van der Waals surface area contributed by atoms with Crippen LogP contribution in [0.2, 0.25) is 0 Å². The minimum Gasteiger partial charge on any atom is -0.595 e. The monoisotopic (exact) mass is 184 g/mol. The Morgan fingerprint density at radius 3 is 2.67 bits per heavy atom. The van der Waals surface area contributed by atoms with Crippen LogP contribution in [0, 0.1) is 0 Å². The normalized spacial score (nSPS) is 11.2. The van der Waals surface area contributed by atoms with E-state index in [0.717, 1.165) is 5.56 Å². The Morgan fingerprint density at radius 2 is 2.08 bits per heavy atom. The van der Waals surface area contributed by atoms with Crippen LogP contribution in [0.25, 0.3) is 0 Å². The van der Waals surface area contributed by atoms with Crippen LogP contribution in [0.4, 0.5) is 0 Å². The topological polar surface area (TPSA) is 44.7 Å². The van der Waals surface area contributed by atoms with Gasteiger partial charge in [-0.3, -0.25) is 0 Å². The number of halogens is 1. The summed E-state index contributed by atoms with van der Waals surface area (Å²) in [7, 11) is 0. The molecule has 1 aromatic carbocycles. The number of hydrogen-bond donors (Lipinski definition) is 0. The van der Waals surface area contributed by atoms with Crippen LogP contribution in [-0.2, 0) is 11.3 Å². The molecule has 0 aliphatic carbocycles. The van der Waals surface area contributed by atoms with Crippen LogP contribution in [-0.4, -0.2) is 6.08 Å². The molecule has 0 atom stereocenters. The standard InChI is InChI=1S/C8H8ClNO2/c9-10-8(11)12-6-7-4-2-1-3-5-7/h1-5H,6H2,(H,10,11)/p-1. The van der Waals surface area contributed by atoms with E-state index >= 15 is 0 Å². The Bertz CT molecular complexity index is 261. The van der Waals surface area contributed by atoms with Gasteiger partial charge in [-0.15, -0.1) is 0 Å². The van der Waals surface area contributed by atoms with E-state index in [9.17, 15) is 5.11 Å². The quantitative estimate of drug-likeness (QED) is 0.510. The van der Waals surface area contributed by atoms with Gasteiger partial charge in [-0.05, 0) is 5.56 Å². The molecule has 64 valence electrons. The molecule has 0 spiro atoms. The van der Waals surface area contributed by atoms with Crippen LogP contribution in [0.15, 0.2) is 34.8 Å². The maximum atomic E-state index is 10.5. The molecule has 0 heterocycles. The maximum Gasteiger partial charge on any atom is 0.166 e. The lowest BCUT2D eigenvalue weighted by atomic mass is 10.2. The zero-order valence-corrected chi connectivity index (χ0v) is 6.99. The Hall–Kier alpha value is -1.22. The molecule has 3 nitrogen and oxygen atoms in total. The molecule has 0 amide bonds. The van der Waals surface area contributed by atoms with Gasteiger partial charge >= 0.3 is 0 Å². The minimum absolute atomic E-state index is 0.204. The Morgan fingerprint density at radius 1 is 1.42 bits per heavy atom. The fourth-order valence-corrected chi connectivity index (χ4v) is 0.792. The van der Waals surface area contributed by atoms with Crippen molar-refractivity contribution in [2.24, 2.45) is 4.51 Å². The summed E-state index contributed by atoms with van der Waals surface area (Å²) in [5.41, 5.74) is 0.908. The lowest BCUT2D eigenvalue weighted by molar-refractivity contribution is -0.251. The van der Waals surface area contributed by atoms with E-state index < -0.39 is 6.08 Å². The van der Waals surface area contributed by atoms with Crippen LogP contribution in [0.1, 0.15) is 5.56 Å². The second kappa shape index (κ2) is 4.62. The molecule has 0 radical (unpaired) electrons. The van der Waals surface area contributed by atoms with Gasteiger partial charge in [-0.1, -0.05) is 30.3 Å². The number of hydrogen-bond acceptors (Lipinski definition) is 3. The highest BCUT2D eigenvalue weighted by Gasteiger charge is 1.86. The molecular formula is C8H7ClNO2-. The van der Waals surface area contributed by atoms with Gasteiger partial charge in [0.2, 0.25) is 0 Å². The number of ether oxygens (including phenoxy) is 1. The third-order valence-corrected chi connectivity index (χ3v) is 1.41. The third-order valence-electron chi connectivity index (χ3n) is 1.27. The van der Waals surface area contributed by atoms with Crippen LogP contribution < -0.4 is 5.11 Å². The Labute approximate surface area is 75.4 Å². The molecule has 0 aliphatic rings. The van der Waals surface area contributed by atoms with Crippen LogP contribution in [0.5, 0.6) is 0 Å². The highest BCUT2D eigenvalue weighted by Crippen LogP contribution is 1.99. The van der Waals surface area contributed by atoms with E-state index in [2.05, 4.69) is 9.25 Å². The average molecular weight is 185 g/mol. The van der Waals surface area contributed by atoms with Crippen molar-refractivity contribution in [1.82, 2.24) is 0 Å². The first kappa shape index (κ1) is 8.87. The van der Waals surface area contributed by atoms with Crippen molar-refractivity contribution in [3.05, 3.63) is 35.9 Å². The molecule has 0 N–H and O–H groups in total. The van der Waals surface area contributed by atoms with Gasteiger partial charge in [-0.2, -0.15) is 4.51 Å². The van der Waals surface area contributed by atoms with E-state index in [1.165, 1.54) is 0 Å². The fraction of sp³-hybridized carbons (Fsp3) is 0.125. The summed E-state index contributed by atoms with van der Waals surface area (Å²) in [6, 6.07) is 9.31. The first-order chi connectivity index (χ1) is 5.83. The van der Waals surface area contributed by atoms with Gasteiger partial charge in [0.25, 0.3) is 0 Å². The molecule has 0 unspecified atom stereocenters. The first-order valence-electron chi connectivity index (χ1n) is 3.35. The number of benzene rings is 1. The van der Waals surface area contributed by atoms with Crippen molar-refractivity contribution in [2.75, 3.05) is 0 Å². The smallest absolute Gasteiger partial charge is 0.166 e. The zero-order valence-electron chi connectivity index (χ0n) is 6.24. The first-order valence-corrected chi connectivity index (χ1v) is 3.69. The van der Waals surface area contributed by atoms with Gasteiger partial charge < -0.3 is 9.84 Å². The fourth-order valence-electron chi connectivity index (χ4n) is 0.744. The van der Waals surface area contributed by atoms with Gasteiger partial charge in [-0.25, -0.2) is 0 Å². The SMILES string of the molecule is [O-]C(=NCl)OCc1ccccc1. The van der Waals surface area contributed by atoms with Gasteiger partial charge in [0.1, 0.15) is 0 Å². The van der Waals surface area contributed by atoms with Crippen molar-refractivity contribution in [1.29, 1.82) is 0 Å². The van der Waals surface area contributed by atoms with Crippen LogP contribution >= 0.6 is 11.8 Å². The summed E-state index contributed by atoms with van der Waals surface area (Å²) in [5.74, 6) is 0. The number of rotatable bonds is 2. The zero-order chi connectivity index (χ0) is 8.81. The van der Waals surface area contributed by atoms with Crippen molar-refractivity contribution >= 4 is 17.9 Å². The average Bonchev–Trinajstić information content (AvgIpc) is 2.16. The third kappa shape index (κ3) is 2.80. The van der Waals surface area contributed by atoms with Gasteiger partial charge in [0.05, 0.1) is 0 Å². The van der Waals surface area contributed by atoms with E-state index in [1.807, 2.05) is 30.3 Å². The second-order valence-electron chi connectivity index (χ2n) is 2.12. The summed E-state index contributed by atoms with van der Waals surface area (Å²) in [4.78, 5) is 0. The summed E-state index contributed by atoms with van der Waals surface area (Å²) in [6.07, 6.45) is -0.763. The summed E-state index contributed by atoms with van der Waals surface area (Å²) < 4.78 is 7.45. The molecule has 0 saturated carbocycles. The Balaban J connectivity index is 2.44. The van der Waals surface area contributed by atoms with Crippen LogP contribution in [0.3, 0.4) is 0 Å². The predicted octanol–water partition coefficient (Wildman–Crippen LogP) is 1.07. The minimum atomic E-state index is -0.763. The molecule has 0 bridgehead atoms. The van der Waals surface area contributed by atoms with Crippen molar-refractivity contribution in [3.8, 4) is 0 Å². The molecule has 0 fully saturated rings. The molecule has 1 aromatic rings. The van der Waals surface area contributed by atoms with E-state index in [4.69, 9.17) is 11.8 Å². The summed E-state index contributed by atoms with van der Waals surface area (Å²) >= 11 is 4.87. The van der Waals surface area contributed by atoms with Crippen molar-refractivity contribution in [3.63, 3.8) is 0 Å². The van der Waals surface area contributed by atoms with Crippen molar-refractivity contribution < 1.29 is 9.84 Å². The molecule has 0 saturated heterocycles. The molecule has 4 heteroatoms. The van der Waals surface area contributed by atoms with E-state index in [1.54, 1.807) is 0 Å².